The van der Waals surface area contributed by atoms with E-state index in [1.54, 1.807) is 0 Å². The van der Waals surface area contributed by atoms with Crippen LogP contribution in [0.4, 0.5) is 0 Å². The molecule has 50 heavy (non-hydrogen) atoms. The van der Waals surface area contributed by atoms with E-state index in [-0.39, 0.29) is 44.9 Å². The van der Waals surface area contributed by atoms with Gasteiger partial charge in [-0.1, -0.05) is 107 Å². The Kier molecular flexibility index (Phi) is 8.59. The molecular weight excluding hydrogens is 618 g/mol. The summed E-state index contributed by atoms with van der Waals surface area (Å²) in [5, 5.41) is 4.83. The molecule has 268 valence electrons. The number of esters is 1. The molecule has 0 radical (unpaired) electrons. The lowest BCUT2D eigenvalue weighted by atomic mass is 9.33. The van der Waals surface area contributed by atoms with Crippen molar-refractivity contribution in [3.05, 3.63) is 71.8 Å². The molecule has 0 N–H and O–H groups in total. The molecule has 5 heteroatoms. The monoisotopic (exact) mass is 677 g/mol. The predicted octanol–water partition coefficient (Wildman–Crippen LogP) is 10.8. The third-order valence-corrected chi connectivity index (χ3v) is 15.6. The second kappa shape index (κ2) is 12.2. The van der Waals surface area contributed by atoms with E-state index in [2.05, 4.69) is 103 Å². The van der Waals surface area contributed by atoms with Crippen LogP contribution in [0.15, 0.2) is 71.4 Å². The van der Waals surface area contributed by atoms with Crippen molar-refractivity contribution >= 4 is 17.5 Å². The number of hydrogen-bond donors (Lipinski definition) is 0. The van der Waals surface area contributed by atoms with E-state index in [9.17, 15) is 9.59 Å². The number of ketones is 1. The summed E-state index contributed by atoms with van der Waals surface area (Å²) >= 11 is 0. The SMILES string of the molecule is CCOC(=O)[C@@]1(C)CC[C@]2(C)CC[C@]3(C)C(=CC(=O)[C@@H]4[C@@]5(C)CC/C(=N\OCc6ccc(-c7ccccc7)cc6)C(C)(C)[C@@H]5CC[C@]43C)[C@@H]2C1. The van der Waals surface area contributed by atoms with Crippen LogP contribution < -0.4 is 0 Å². The molecule has 4 saturated carbocycles. The number of carbonyl (C=O) groups excluding carboxylic acids is 2. The average Bonchev–Trinajstić information content (AvgIpc) is 3.08. The van der Waals surface area contributed by atoms with Crippen LogP contribution in [0.2, 0.25) is 0 Å². The maximum atomic E-state index is 14.8. The maximum Gasteiger partial charge on any atom is 0.311 e. The molecule has 2 aromatic carbocycles. The first-order valence-corrected chi connectivity index (χ1v) is 19.4. The number of oxime groups is 1. The summed E-state index contributed by atoms with van der Waals surface area (Å²) in [7, 11) is 0. The molecule has 5 nitrogen and oxygen atoms in total. The molecule has 0 heterocycles. The molecule has 0 bridgehead atoms. The number of ether oxygens (including phenoxy) is 1. The first-order chi connectivity index (χ1) is 23.6. The van der Waals surface area contributed by atoms with Crippen LogP contribution in [-0.2, 0) is 25.8 Å². The molecule has 0 spiro atoms. The molecule has 7 rings (SSSR count). The van der Waals surface area contributed by atoms with Crippen LogP contribution in [-0.4, -0.2) is 24.1 Å². The molecule has 5 aliphatic carbocycles. The minimum absolute atomic E-state index is 0.0308. The molecule has 0 amide bonds. The Morgan fingerprint density at radius 2 is 1.52 bits per heavy atom. The summed E-state index contributed by atoms with van der Waals surface area (Å²) in [6.07, 6.45) is 10.9. The molecule has 0 aromatic heterocycles. The van der Waals surface area contributed by atoms with Gasteiger partial charge in [-0.3, -0.25) is 9.59 Å². The Balaban J connectivity index is 1.13. The Morgan fingerprint density at radius 1 is 0.840 bits per heavy atom. The standard InChI is InChI=1S/C45H59NO4/c1-9-49-39(48)42(5)24-23-41(4)25-26-44(7)33(34(41)28-42)27-35(47)38-43(6)21-20-37(40(2,3)36(43)19-22-45(38,44)8)46-50-29-30-15-17-32(18-16-30)31-13-11-10-12-14-31/h10-18,27,34,36,38H,9,19-26,28-29H2,1-8H3/b46-37+/t34-,36-,38+,41+,42-,43-,44+,45+/m0/s1. The fourth-order valence-corrected chi connectivity index (χ4v) is 12.3. The Hall–Kier alpha value is -3.21. The minimum Gasteiger partial charge on any atom is -0.466 e. The highest BCUT2D eigenvalue weighted by Crippen LogP contribution is 2.75. The lowest BCUT2D eigenvalue weighted by molar-refractivity contribution is -0.177. The van der Waals surface area contributed by atoms with Gasteiger partial charge in [0.2, 0.25) is 0 Å². The summed E-state index contributed by atoms with van der Waals surface area (Å²) in [5.41, 5.74) is 5.09. The molecule has 0 unspecified atom stereocenters. The third-order valence-electron chi connectivity index (χ3n) is 15.6. The van der Waals surface area contributed by atoms with Crippen LogP contribution in [0.3, 0.4) is 0 Å². The Labute approximate surface area is 300 Å². The van der Waals surface area contributed by atoms with Gasteiger partial charge in [-0.15, -0.1) is 0 Å². The van der Waals surface area contributed by atoms with Crippen molar-refractivity contribution in [2.75, 3.05) is 6.61 Å². The minimum atomic E-state index is -0.499. The van der Waals surface area contributed by atoms with Crippen LogP contribution in [0.25, 0.3) is 11.1 Å². The van der Waals surface area contributed by atoms with Crippen molar-refractivity contribution in [3.8, 4) is 11.1 Å². The van der Waals surface area contributed by atoms with Crippen molar-refractivity contribution in [2.45, 2.75) is 120 Å². The second-order valence-electron chi connectivity index (χ2n) is 18.6. The zero-order valence-electron chi connectivity index (χ0n) is 31.9. The van der Waals surface area contributed by atoms with Gasteiger partial charge in [0.25, 0.3) is 0 Å². The number of nitrogens with zero attached hydrogens (tertiary/aromatic N) is 1. The van der Waals surface area contributed by atoms with Crippen molar-refractivity contribution < 1.29 is 19.2 Å². The third kappa shape index (κ3) is 5.26. The van der Waals surface area contributed by atoms with Gasteiger partial charge in [0.05, 0.1) is 17.7 Å². The normalized spacial score (nSPS) is 39.7. The summed E-state index contributed by atoms with van der Waals surface area (Å²) in [6, 6.07) is 19.0. The van der Waals surface area contributed by atoms with Gasteiger partial charge in [0.15, 0.2) is 5.78 Å². The van der Waals surface area contributed by atoms with Crippen LogP contribution in [0.1, 0.15) is 119 Å². The van der Waals surface area contributed by atoms with E-state index >= 15 is 0 Å². The van der Waals surface area contributed by atoms with Gasteiger partial charge in [-0.05, 0) is 128 Å². The summed E-state index contributed by atoms with van der Waals surface area (Å²) in [5.74, 6) is 0.793. The van der Waals surface area contributed by atoms with Crippen molar-refractivity contribution in [1.29, 1.82) is 0 Å². The van der Waals surface area contributed by atoms with E-state index < -0.39 is 5.41 Å². The Bertz CT molecular complexity index is 1710. The van der Waals surface area contributed by atoms with Gasteiger partial charge in [-0.2, -0.15) is 0 Å². The number of hydrogen-bond acceptors (Lipinski definition) is 5. The molecule has 0 saturated heterocycles. The van der Waals surface area contributed by atoms with Crippen LogP contribution in [0.5, 0.6) is 0 Å². The number of benzene rings is 2. The topological polar surface area (TPSA) is 65.0 Å². The van der Waals surface area contributed by atoms with E-state index in [4.69, 9.17) is 14.7 Å². The lowest BCUT2D eigenvalue weighted by Gasteiger charge is -2.70. The van der Waals surface area contributed by atoms with E-state index in [0.29, 0.717) is 24.9 Å². The van der Waals surface area contributed by atoms with Crippen LogP contribution in [0, 0.1) is 50.2 Å². The summed E-state index contributed by atoms with van der Waals surface area (Å²) < 4.78 is 5.61. The van der Waals surface area contributed by atoms with E-state index in [0.717, 1.165) is 69.1 Å². The van der Waals surface area contributed by atoms with Crippen molar-refractivity contribution in [2.24, 2.45) is 55.4 Å². The highest BCUT2D eigenvalue weighted by Gasteiger charge is 2.70. The summed E-state index contributed by atoms with van der Waals surface area (Å²) in [6.45, 7) is 19.3. The van der Waals surface area contributed by atoms with Crippen molar-refractivity contribution in [3.63, 3.8) is 0 Å². The van der Waals surface area contributed by atoms with Crippen LogP contribution >= 0.6 is 0 Å². The van der Waals surface area contributed by atoms with E-state index in [1.807, 2.05) is 13.0 Å². The summed E-state index contributed by atoms with van der Waals surface area (Å²) in [4.78, 5) is 34.1. The molecular formula is C45H59NO4. The average molecular weight is 678 g/mol. The Morgan fingerprint density at radius 3 is 2.22 bits per heavy atom. The molecule has 5 aliphatic rings. The predicted molar refractivity (Wildman–Crippen MR) is 200 cm³/mol. The van der Waals surface area contributed by atoms with Gasteiger partial charge >= 0.3 is 5.97 Å². The highest BCUT2D eigenvalue weighted by molar-refractivity contribution is 5.97. The fourth-order valence-electron chi connectivity index (χ4n) is 12.3. The van der Waals surface area contributed by atoms with Gasteiger partial charge in [-0.25, -0.2) is 0 Å². The molecule has 2 aromatic rings. The maximum absolute atomic E-state index is 14.8. The first kappa shape index (κ1) is 35.2. The van der Waals surface area contributed by atoms with E-state index in [1.165, 1.54) is 16.7 Å². The highest BCUT2D eigenvalue weighted by atomic mass is 16.6. The van der Waals surface area contributed by atoms with Gasteiger partial charge in [0, 0.05) is 11.3 Å². The van der Waals surface area contributed by atoms with Gasteiger partial charge in [0.1, 0.15) is 6.61 Å². The number of rotatable bonds is 6. The number of carbonyl (C=O) groups is 2. The zero-order valence-corrected chi connectivity index (χ0v) is 31.9. The first-order valence-electron chi connectivity index (χ1n) is 19.4. The quantitative estimate of drug-likeness (QED) is 0.225. The van der Waals surface area contributed by atoms with Crippen molar-refractivity contribution in [1.82, 2.24) is 0 Å². The van der Waals surface area contributed by atoms with Gasteiger partial charge < -0.3 is 9.57 Å². The number of allylic oxidation sites excluding steroid dienone is 2. The lowest BCUT2D eigenvalue weighted by Crippen LogP contribution is -2.66. The smallest absolute Gasteiger partial charge is 0.311 e. The molecule has 0 aliphatic heterocycles. The zero-order chi connectivity index (χ0) is 35.7. The second-order valence-corrected chi connectivity index (χ2v) is 18.6. The molecule has 8 atom stereocenters. The largest absolute Gasteiger partial charge is 0.466 e. The molecule has 4 fully saturated rings. The number of fused-ring (bicyclic) bond motifs is 7. The fraction of sp³-hybridized carbons (Fsp3) is 0.622.